The summed E-state index contributed by atoms with van der Waals surface area (Å²) >= 11 is 5.87. The number of ether oxygens (including phenoxy) is 1. The standard InChI is InChI=1S/C11H13ClN2O3/c1-2-17-6-10(15)14-9-5-7(11(13)16)3-4-8(9)12/h3-5H,2,6H2,1H3,(H2,13,16)(H,14,15). The summed E-state index contributed by atoms with van der Waals surface area (Å²) in [5.74, 6) is -0.919. The number of hydrogen-bond donors (Lipinski definition) is 2. The molecule has 3 N–H and O–H groups in total. The van der Waals surface area contributed by atoms with Crippen LogP contribution in [0.15, 0.2) is 18.2 Å². The Bertz CT molecular complexity index is 435. The molecular weight excluding hydrogens is 244 g/mol. The number of nitrogens with two attached hydrogens (primary N) is 1. The average molecular weight is 257 g/mol. The molecule has 0 aromatic heterocycles. The van der Waals surface area contributed by atoms with Gasteiger partial charge in [0.2, 0.25) is 11.8 Å². The third-order valence-electron chi connectivity index (χ3n) is 1.96. The first-order chi connectivity index (χ1) is 8.04. The van der Waals surface area contributed by atoms with E-state index >= 15 is 0 Å². The van der Waals surface area contributed by atoms with E-state index in [1.54, 1.807) is 6.92 Å². The Kier molecular flexibility index (Phi) is 4.93. The van der Waals surface area contributed by atoms with Gasteiger partial charge in [-0.05, 0) is 25.1 Å². The van der Waals surface area contributed by atoms with Crippen LogP contribution in [0.1, 0.15) is 17.3 Å². The summed E-state index contributed by atoms with van der Waals surface area (Å²) in [7, 11) is 0. The molecule has 0 fully saturated rings. The lowest BCUT2D eigenvalue weighted by Gasteiger charge is -2.08. The number of anilines is 1. The summed E-state index contributed by atoms with van der Waals surface area (Å²) in [5, 5.41) is 2.87. The van der Waals surface area contributed by atoms with Crippen LogP contribution in [0.4, 0.5) is 5.69 Å². The van der Waals surface area contributed by atoms with Crippen LogP contribution >= 0.6 is 11.6 Å². The van der Waals surface area contributed by atoms with E-state index in [9.17, 15) is 9.59 Å². The fourth-order valence-electron chi connectivity index (χ4n) is 1.16. The highest BCUT2D eigenvalue weighted by Gasteiger charge is 2.08. The smallest absolute Gasteiger partial charge is 0.250 e. The van der Waals surface area contributed by atoms with Crippen molar-refractivity contribution in [3.63, 3.8) is 0 Å². The SMILES string of the molecule is CCOCC(=O)Nc1cc(C(N)=O)ccc1Cl. The van der Waals surface area contributed by atoms with E-state index in [-0.39, 0.29) is 18.1 Å². The topological polar surface area (TPSA) is 81.4 Å². The van der Waals surface area contributed by atoms with Crippen molar-refractivity contribution in [1.82, 2.24) is 0 Å². The largest absolute Gasteiger partial charge is 0.372 e. The molecule has 6 heteroatoms. The van der Waals surface area contributed by atoms with Crippen molar-refractivity contribution in [1.29, 1.82) is 0 Å². The highest BCUT2D eigenvalue weighted by Crippen LogP contribution is 2.22. The second-order valence-electron chi connectivity index (χ2n) is 3.24. The van der Waals surface area contributed by atoms with Crippen molar-refractivity contribution in [2.45, 2.75) is 6.92 Å². The van der Waals surface area contributed by atoms with Gasteiger partial charge in [-0.3, -0.25) is 9.59 Å². The molecule has 1 aromatic carbocycles. The van der Waals surface area contributed by atoms with Crippen LogP contribution in [0.2, 0.25) is 5.02 Å². The summed E-state index contributed by atoms with van der Waals surface area (Å²) in [4.78, 5) is 22.4. The highest BCUT2D eigenvalue weighted by molar-refractivity contribution is 6.33. The molecule has 5 nitrogen and oxygen atoms in total. The Morgan fingerprint density at radius 2 is 2.18 bits per heavy atom. The first kappa shape index (κ1) is 13.5. The number of primary amides is 1. The average Bonchev–Trinajstić information content (AvgIpc) is 2.29. The van der Waals surface area contributed by atoms with Crippen LogP contribution in [0.3, 0.4) is 0 Å². The summed E-state index contributed by atoms with van der Waals surface area (Å²) in [6.07, 6.45) is 0. The number of halogens is 1. The molecule has 92 valence electrons. The van der Waals surface area contributed by atoms with E-state index in [0.717, 1.165) is 0 Å². The molecule has 0 aliphatic carbocycles. The van der Waals surface area contributed by atoms with Gasteiger partial charge >= 0.3 is 0 Å². The maximum atomic E-state index is 11.4. The number of carbonyl (C=O) groups excluding carboxylic acids is 2. The van der Waals surface area contributed by atoms with Crippen molar-refractivity contribution >= 4 is 29.1 Å². The monoisotopic (exact) mass is 256 g/mol. The third kappa shape index (κ3) is 4.05. The Hall–Kier alpha value is -1.59. The zero-order valence-corrected chi connectivity index (χ0v) is 10.1. The Balaban J connectivity index is 2.79. The minimum atomic E-state index is -0.582. The van der Waals surface area contributed by atoms with Gasteiger partial charge in [-0.2, -0.15) is 0 Å². The van der Waals surface area contributed by atoms with Gasteiger partial charge in [-0.15, -0.1) is 0 Å². The summed E-state index contributed by atoms with van der Waals surface area (Å²) in [6, 6.07) is 4.41. The lowest BCUT2D eigenvalue weighted by molar-refractivity contribution is -0.120. The molecule has 0 unspecified atom stereocenters. The molecule has 0 heterocycles. The molecule has 0 spiro atoms. The highest BCUT2D eigenvalue weighted by atomic mass is 35.5. The number of benzene rings is 1. The quantitative estimate of drug-likeness (QED) is 0.836. The first-order valence-corrected chi connectivity index (χ1v) is 5.39. The Labute approximate surface area is 104 Å². The van der Waals surface area contributed by atoms with Gasteiger partial charge in [-0.25, -0.2) is 0 Å². The van der Waals surface area contributed by atoms with Crippen molar-refractivity contribution in [2.24, 2.45) is 5.73 Å². The number of amides is 2. The van der Waals surface area contributed by atoms with E-state index in [0.29, 0.717) is 17.3 Å². The van der Waals surface area contributed by atoms with Crippen LogP contribution < -0.4 is 11.1 Å². The van der Waals surface area contributed by atoms with E-state index in [4.69, 9.17) is 22.1 Å². The fourth-order valence-corrected chi connectivity index (χ4v) is 1.32. The van der Waals surface area contributed by atoms with Crippen molar-refractivity contribution in [3.8, 4) is 0 Å². The zero-order valence-electron chi connectivity index (χ0n) is 9.33. The molecule has 0 bridgehead atoms. The van der Waals surface area contributed by atoms with Crippen LogP contribution in [-0.4, -0.2) is 25.0 Å². The van der Waals surface area contributed by atoms with Gasteiger partial charge in [0, 0.05) is 12.2 Å². The van der Waals surface area contributed by atoms with Crippen LogP contribution in [0.25, 0.3) is 0 Å². The molecule has 0 aliphatic rings. The molecule has 0 aliphatic heterocycles. The van der Waals surface area contributed by atoms with E-state index < -0.39 is 5.91 Å². The Morgan fingerprint density at radius 3 is 2.76 bits per heavy atom. The fraction of sp³-hybridized carbons (Fsp3) is 0.273. The second kappa shape index (κ2) is 6.22. The molecule has 0 saturated heterocycles. The van der Waals surface area contributed by atoms with Gasteiger partial charge in [0.05, 0.1) is 10.7 Å². The molecule has 0 radical (unpaired) electrons. The van der Waals surface area contributed by atoms with Crippen molar-refractivity contribution < 1.29 is 14.3 Å². The predicted molar refractivity (Wildman–Crippen MR) is 65.1 cm³/mol. The summed E-state index contributed by atoms with van der Waals surface area (Å²) in [6.45, 7) is 2.17. The molecule has 0 saturated carbocycles. The number of carbonyl (C=O) groups is 2. The lowest BCUT2D eigenvalue weighted by atomic mass is 10.2. The van der Waals surface area contributed by atoms with Crippen molar-refractivity contribution in [3.05, 3.63) is 28.8 Å². The minimum Gasteiger partial charge on any atom is -0.372 e. The van der Waals surface area contributed by atoms with Crippen LogP contribution in [0, 0.1) is 0 Å². The number of nitrogens with one attached hydrogen (secondary N) is 1. The molecular formula is C11H13ClN2O3. The molecule has 1 rings (SSSR count). The van der Waals surface area contributed by atoms with Crippen molar-refractivity contribution in [2.75, 3.05) is 18.5 Å². The summed E-state index contributed by atoms with van der Waals surface area (Å²) < 4.78 is 4.94. The zero-order chi connectivity index (χ0) is 12.8. The second-order valence-corrected chi connectivity index (χ2v) is 3.65. The first-order valence-electron chi connectivity index (χ1n) is 5.01. The van der Waals surface area contributed by atoms with E-state index in [2.05, 4.69) is 5.32 Å². The number of hydrogen-bond acceptors (Lipinski definition) is 3. The van der Waals surface area contributed by atoms with Gasteiger partial charge < -0.3 is 15.8 Å². The maximum Gasteiger partial charge on any atom is 0.250 e. The normalized spacial score (nSPS) is 10.0. The lowest BCUT2D eigenvalue weighted by Crippen LogP contribution is -2.19. The Morgan fingerprint density at radius 1 is 1.47 bits per heavy atom. The van der Waals surface area contributed by atoms with Gasteiger partial charge in [0.15, 0.2) is 0 Å². The molecule has 17 heavy (non-hydrogen) atoms. The summed E-state index contributed by atoms with van der Waals surface area (Å²) in [5.41, 5.74) is 5.74. The maximum absolute atomic E-state index is 11.4. The van der Waals surface area contributed by atoms with E-state index in [1.807, 2.05) is 0 Å². The van der Waals surface area contributed by atoms with Gasteiger partial charge in [-0.1, -0.05) is 11.6 Å². The van der Waals surface area contributed by atoms with E-state index in [1.165, 1.54) is 18.2 Å². The molecule has 0 atom stereocenters. The van der Waals surface area contributed by atoms with Gasteiger partial charge in [0.1, 0.15) is 6.61 Å². The number of rotatable bonds is 5. The molecule has 2 amide bonds. The molecule has 1 aromatic rings. The minimum absolute atomic E-state index is 0.0619. The van der Waals surface area contributed by atoms with Gasteiger partial charge in [0.25, 0.3) is 0 Å². The third-order valence-corrected chi connectivity index (χ3v) is 2.29. The predicted octanol–water partition coefficient (Wildman–Crippen LogP) is 1.41. The van der Waals surface area contributed by atoms with Crippen LogP contribution in [0.5, 0.6) is 0 Å². The van der Waals surface area contributed by atoms with Crippen LogP contribution in [-0.2, 0) is 9.53 Å².